The monoisotopic (exact) mass is 494 g/mol. The summed E-state index contributed by atoms with van der Waals surface area (Å²) in [5, 5.41) is 7.91. The van der Waals surface area contributed by atoms with E-state index in [1.165, 1.54) is 4.52 Å². The number of hydrogen-bond acceptors (Lipinski definition) is 6. The molecule has 1 saturated heterocycles. The molecule has 9 nitrogen and oxygen atoms in total. The van der Waals surface area contributed by atoms with Crippen molar-refractivity contribution in [1.29, 1.82) is 0 Å². The predicted octanol–water partition coefficient (Wildman–Crippen LogP) is 2.51. The van der Waals surface area contributed by atoms with E-state index in [4.69, 9.17) is 16.3 Å². The number of hydrogen-bond donors (Lipinski definition) is 1. The summed E-state index contributed by atoms with van der Waals surface area (Å²) in [7, 11) is 0. The molecule has 0 saturated carbocycles. The second-order valence-electron chi connectivity index (χ2n) is 8.74. The van der Waals surface area contributed by atoms with E-state index in [-0.39, 0.29) is 22.9 Å². The number of rotatable bonds is 7. The maximum absolute atomic E-state index is 13.5. The highest BCUT2D eigenvalue weighted by Gasteiger charge is 2.19. The van der Waals surface area contributed by atoms with Crippen molar-refractivity contribution in [3.05, 3.63) is 74.8 Å². The minimum atomic E-state index is -0.389. The first kappa shape index (κ1) is 23.5. The lowest BCUT2D eigenvalue weighted by atomic mass is 10.2. The Kier molecular flexibility index (Phi) is 6.81. The Morgan fingerprint density at radius 1 is 1.11 bits per heavy atom. The van der Waals surface area contributed by atoms with Crippen molar-refractivity contribution in [3.63, 3.8) is 0 Å². The molecule has 5 rings (SSSR count). The highest BCUT2D eigenvalue weighted by Crippen LogP contribution is 2.18. The van der Waals surface area contributed by atoms with Crippen molar-refractivity contribution < 1.29 is 9.53 Å². The molecule has 2 aromatic carbocycles. The normalized spacial score (nSPS) is 14.6. The van der Waals surface area contributed by atoms with Crippen LogP contribution in [0.15, 0.2) is 47.3 Å². The molecule has 1 aliphatic heterocycles. The average molecular weight is 495 g/mol. The molecule has 10 heteroatoms. The van der Waals surface area contributed by atoms with Gasteiger partial charge in [0, 0.05) is 24.7 Å². The Hall–Kier alpha value is -3.27. The number of amides is 1. The fourth-order valence-corrected chi connectivity index (χ4v) is 4.44. The maximum Gasteiger partial charge on any atom is 0.296 e. The number of fused-ring (bicyclic) bond motifs is 3. The quantitative estimate of drug-likeness (QED) is 0.397. The lowest BCUT2D eigenvalue weighted by Crippen LogP contribution is -2.38. The van der Waals surface area contributed by atoms with Crippen molar-refractivity contribution in [1.82, 2.24) is 29.4 Å². The molecule has 4 aromatic rings. The number of halogens is 1. The van der Waals surface area contributed by atoms with Crippen LogP contribution in [0.4, 0.5) is 0 Å². The Balaban J connectivity index is 1.42. The van der Waals surface area contributed by atoms with Crippen LogP contribution in [0, 0.1) is 6.92 Å². The molecule has 0 aliphatic carbocycles. The molecule has 0 atom stereocenters. The average Bonchev–Trinajstić information content (AvgIpc) is 3.32. The number of benzene rings is 2. The molecule has 1 amide bonds. The Morgan fingerprint density at radius 3 is 2.66 bits per heavy atom. The molecular weight excluding hydrogens is 468 g/mol. The third kappa shape index (κ3) is 5.07. The fourth-order valence-electron chi connectivity index (χ4n) is 4.31. The largest absolute Gasteiger partial charge is 0.379 e. The molecule has 3 heterocycles. The number of morpholine rings is 1. The number of nitrogens with zero attached hydrogens (tertiary/aromatic N) is 5. The van der Waals surface area contributed by atoms with Gasteiger partial charge in [-0.25, -0.2) is 4.52 Å². The third-order valence-corrected chi connectivity index (χ3v) is 6.44. The van der Waals surface area contributed by atoms with E-state index in [0.717, 1.165) is 55.9 Å². The Bertz CT molecular complexity index is 1420. The van der Waals surface area contributed by atoms with E-state index in [0.29, 0.717) is 23.6 Å². The van der Waals surface area contributed by atoms with Gasteiger partial charge < -0.3 is 10.1 Å². The lowest BCUT2D eigenvalue weighted by molar-refractivity contribution is 0.0374. The summed E-state index contributed by atoms with van der Waals surface area (Å²) in [5.41, 5.74) is 3.18. The summed E-state index contributed by atoms with van der Waals surface area (Å²) < 4.78 is 8.50. The van der Waals surface area contributed by atoms with Crippen molar-refractivity contribution in [3.8, 4) is 0 Å². The van der Waals surface area contributed by atoms with Crippen LogP contribution in [-0.4, -0.2) is 69.4 Å². The maximum atomic E-state index is 13.5. The van der Waals surface area contributed by atoms with Gasteiger partial charge in [-0.05, 0) is 55.3 Å². The summed E-state index contributed by atoms with van der Waals surface area (Å²) in [6, 6.07) is 13.2. The molecule has 0 bridgehead atoms. The predicted molar refractivity (Wildman–Crippen MR) is 134 cm³/mol. The second kappa shape index (κ2) is 10.2. The summed E-state index contributed by atoms with van der Waals surface area (Å²) >= 11 is 6.02. The van der Waals surface area contributed by atoms with Crippen molar-refractivity contribution >= 4 is 34.2 Å². The van der Waals surface area contributed by atoms with Gasteiger partial charge in [0.25, 0.3) is 11.5 Å². The number of aryl methyl sites for hydroxylation is 1. The van der Waals surface area contributed by atoms with Gasteiger partial charge in [0.2, 0.25) is 11.5 Å². The van der Waals surface area contributed by atoms with Crippen LogP contribution in [0.25, 0.3) is 16.7 Å². The smallest absolute Gasteiger partial charge is 0.296 e. The number of carbonyl (C=O) groups excluding carboxylic acids is 1. The molecule has 1 aliphatic rings. The van der Waals surface area contributed by atoms with Crippen LogP contribution in [0.2, 0.25) is 5.02 Å². The zero-order valence-electron chi connectivity index (χ0n) is 19.5. The summed E-state index contributed by atoms with van der Waals surface area (Å²) in [5.74, 6) is -0.404. The van der Waals surface area contributed by atoms with Gasteiger partial charge in [0.1, 0.15) is 0 Å². The van der Waals surface area contributed by atoms with Gasteiger partial charge in [-0.15, -0.1) is 5.10 Å². The van der Waals surface area contributed by atoms with Crippen LogP contribution < -0.4 is 10.9 Å². The summed E-state index contributed by atoms with van der Waals surface area (Å²) in [6.07, 6.45) is 0.815. The molecule has 0 spiro atoms. The van der Waals surface area contributed by atoms with E-state index < -0.39 is 0 Å². The first-order valence-electron chi connectivity index (χ1n) is 11.7. The van der Waals surface area contributed by atoms with Crippen LogP contribution in [0.1, 0.15) is 28.2 Å². The van der Waals surface area contributed by atoms with Gasteiger partial charge in [-0.1, -0.05) is 29.8 Å². The number of aromatic nitrogens is 4. The summed E-state index contributed by atoms with van der Waals surface area (Å²) in [4.78, 5) is 32.9. The molecular formula is C25H27ClN6O3. The highest BCUT2D eigenvalue weighted by molar-refractivity contribution is 6.30. The standard InChI is InChI=1S/C25H27ClN6O3/c1-17-3-8-20-21(15-17)31(16-18-4-6-19(26)7-5-18)25(34)23-28-22(29-32(20)23)24(33)27-9-2-10-30-11-13-35-14-12-30/h3-8,15H,2,9-14,16H2,1H3,(H,27,33). The minimum Gasteiger partial charge on any atom is -0.379 e. The summed E-state index contributed by atoms with van der Waals surface area (Å²) in [6.45, 7) is 7.04. The van der Waals surface area contributed by atoms with Crippen LogP contribution in [-0.2, 0) is 11.3 Å². The third-order valence-electron chi connectivity index (χ3n) is 6.19. The van der Waals surface area contributed by atoms with Crippen molar-refractivity contribution in [2.45, 2.75) is 19.9 Å². The van der Waals surface area contributed by atoms with E-state index in [9.17, 15) is 9.59 Å². The topological polar surface area (TPSA) is 93.8 Å². The van der Waals surface area contributed by atoms with E-state index >= 15 is 0 Å². The van der Waals surface area contributed by atoms with E-state index in [2.05, 4.69) is 20.3 Å². The molecule has 182 valence electrons. The van der Waals surface area contributed by atoms with Gasteiger partial charge in [0.15, 0.2) is 0 Å². The molecule has 0 unspecified atom stereocenters. The zero-order valence-corrected chi connectivity index (χ0v) is 20.3. The van der Waals surface area contributed by atoms with Crippen LogP contribution in [0.5, 0.6) is 0 Å². The lowest BCUT2D eigenvalue weighted by Gasteiger charge is -2.26. The molecule has 0 radical (unpaired) electrons. The number of nitrogens with one attached hydrogen (secondary N) is 1. The number of ether oxygens (including phenoxy) is 1. The van der Waals surface area contributed by atoms with Gasteiger partial charge >= 0.3 is 0 Å². The van der Waals surface area contributed by atoms with Crippen molar-refractivity contribution in [2.75, 3.05) is 39.4 Å². The highest BCUT2D eigenvalue weighted by atomic mass is 35.5. The number of carbonyl (C=O) groups is 1. The fraction of sp³-hybridized carbons (Fsp3) is 0.360. The minimum absolute atomic E-state index is 0.0143. The molecule has 35 heavy (non-hydrogen) atoms. The van der Waals surface area contributed by atoms with Gasteiger partial charge in [-0.3, -0.25) is 19.1 Å². The zero-order chi connectivity index (χ0) is 24.4. The SMILES string of the molecule is Cc1ccc2c(c1)n(Cc1ccc(Cl)cc1)c(=O)c1nc(C(=O)NCCCN3CCOCC3)nn12. The first-order valence-corrected chi connectivity index (χ1v) is 12.1. The van der Waals surface area contributed by atoms with Gasteiger partial charge in [-0.2, -0.15) is 4.98 Å². The second-order valence-corrected chi connectivity index (χ2v) is 9.18. The molecule has 2 aromatic heterocycles. The Morgan fingerprint density at radius 2 is 1.89 bits per heavy atom. The van der Waals surface area contributed by atoms with E-state index in [1.807, 2.05) is 37.3 Å². The Labute approximate surface area is 207 Å². The molecule has 1 fully saturated rings. The van der Waals surface area contributed by atoms with Crippen molar-refractivity contribution in [2.24, 2.45) is 0 Å². The first-order chi connectivity index (χ1) is 17.0. The molecule has 1 N–H and O–H groups in total. The van der Waals surface area contributed by atoms with Crippen LogP contribution >= 0.6 is 11.6 Å². The van der Waals surface area contributed by atoms with Gasteiger partial charge in [0.05, 0.1) is 30.8 Å². The van der Waals surface area contributed by atoms with Crippen LogP contribution in [0.3, 0.4) is 0 Å². The van der Waals surface area contributed by atoms with E-state index in [1.54, 1.807) is 16.7 Å².